The molecule has 3 aromatic rings. The second-order valence-corrected chi connectivity index (χ2v) is 9.95. The molecule has 32 heavy (non-hydrogen) atoms. The summed E-state index contributed by atoms with van der Waals surface area (Å²) in [6, 6.07) is 6.99. The topological polar surface area (TPSA) is 69.8 Å². The van der Waals surface area contributed by atoms with Crippen molar-refractivity contribution in [2.75, 3.05) is 5.32 Å². The molecule has 0 saturated heterocycles. The summed E-state index contributed by atoms with van der Waals surface area (Å²) in [6.07, 6.45) is 3.86. The van der Waals surface area contributed by atoms with Gasteiger partial charge in [-0.05, 0) is 55.2 Å². The van der Waals surface area contributed by atoms with E-state index in [2.05, 4.69) is 41.4 Å². The fourth-order valence-corrected chi connectivity index (χ4v) is 4.58. The van der Waals surface area contributed by atoms with E-state index in [0.717, 1.165) is 25.7 Å². The second-order valence-electron chi connectivity index (χ2n) is 9.54. The average molecular weight is 461 g/mol. The molecule has 0 spiro atoms. The van der Waals surface area contributed by atoms with Crippen LogP contribution < -0.4 is 10.6 Å². The number of carbonyl (C=O) groups is 1. The Bertz CT molecular complexity index is 1130. The highest BCUT2D eigenvalue weighted by molar-refractivity contribution is 6.33. The maximum absolute atomic E-state index is 14.7. The van der Waals surface area contributed by atoms with Crippen molar-refractivity contribution < 1.29 is 13.6 Å². The Labute approximate surface area is 191 Å². The van der Waals surface area contributed by atoms with Crippen LogP contribution in [0, 0.1) is 23.0 Å². The Morgan fingerprint density at radius 1 is 1.12 bits per heavy atom. The number of anilines is 2. The van der Waals surface area contributed by atoms with Crippen molar-refractivity contribution in [1.82, 2.24) is 15.3 Å². The molecule has 1 aliphatic carbocycles. The van der Waals surface area contributed by atoms with Gasteiger partial charge in [0.2, 0.25) is 5.95 Å². The fraction of sp³-hybridized carbons (Fsp3) is 0.417. The standard InChI is InChI=1S/C24H27ClF2N4O/c1-24(2,3)13-7-9-14(10-8-13)28-22(32)15-11-19-20(12-18(15)27)30-23(29-19)31-21-16(25)5-4-6-17(21)26/h4-6,11-14H,7-10H2,1-3H3,(H,28,32)(H2,29,30,31)/t13-,14-. The molecule has 1 amide bonds. The molecule has 3 N–H and O–H groups in total. The summed E-state index contributed by atoms with van der Waals surface area (Å²) in [7, 11) is 0. The lowest BCUT2D eigenvalue weighted by molar-refractivity contribution is 0.0900. The first-order chi connectivity index (χ1) is 15.1. The van der Waals surface area contributed by atoms with Crippen LogP contribution in [0.4, 0.5) is 20.4 Å². The SMILES string of the molecule is CC(C)(C)[C@H]1CC[C@H](NC(=O)c2cc3nc(Nc4c(F)cccc4Cl)[nH]c3cc2F)CC1. The normalized spacial score (nSPS) is 19.2. The molecule has 1 heterocycles. The van der Waals surface area contributed by atoms with Gasteiger partial charge in [0.1, 0.15) is 11.6 Å². The van der Waals surface area contributed by atoms with Crippen LogP contribution in [-0.2, 0) is 0 Å². The summed E-state index contributed by atoms with van der Waals surface area (Å²) in [6.45, 7) is 6.73. The number of hydrogen-bond acceptors (Lipinski definition) is 3. The molecule has 4 rings (SSSR count). The third kappa shape index (κ3) is 4.72. The van der Waals surface area contributed by atoms with E-state index in [9.17, 15) is 13.6 Å². The average Bonchev–Trinajstić information content (AvgIpc) is 3.11. The Balaban J connectivity index is 1.49. The third-order valence-corrected chi connectivity index (χ3v) is 6.62. The Morgan fingerprint density at radius 3 is 2.50 bits per heavy atom. The molecule has 1 saturated carbocycles. The lowest BCUT2D eigenvalue weighted by Gasteiger charge is -2.37. The number of para-hydroxylation sites is 1. The summed E-state index contributed by atoms with van der Waals surface area (Å²) in [5, 5.41) is 5.95. The molecule has 0 aliphatic heterocycles. The van der Waals surface area contributed by atoms with E-state index < -0.39 is 17.5 Å². The van der Waals surface area contributed by atoms with E-state index in [1.54, 1.807) is 6.07 Å². The zero-order valence-corrected chi connectivity index (χ0v) is 19.1. The zero-order chi connectivity index (χ0) is 23.0. The first kappa shape index (κ1) is 22.5. The molecule has 2 aromatic carbocycles. The number of aromatic nitrogens is 2. The van der Waals surface area contributed by atoms with Crippen molar-refractivity contribution in [2.45, 2.75) is 52.5 Å². The number of fused-ring (bicyclic) bond motifs is 1. The van der Waals surface area contributed by atoms with Gasteiger partial charge in [-0.2, -0.15) is 0 Å². The van der Waals surface area contributed by atoms with Crippen LogP contribution in [0.25, 0.3) is 11.0 Å². The van der Waals surface area contributed by atoms with Crippen molar-refractivity contribution in [3.8, 4) is 0 Å². The number of H-pyrrole nitrogens is 1. The van der Waals surface area contributed by atoms with Gasteiger partial charge in [0.25, 0.3) is 5.91 Å². The number of nitrogens with one attached hydrogen (secondary N) is 3. The number of amides is 1. The van der Waals surface area contributed by atoms with Gasteiger partial charge in [-0.25, -0.2) is 13.8 Å². The first-order valence-electron chi connectivity index (χ1n) is 10.8. The van der Waals surface area contributed by atoms with Crippen molar-refractivity contribution >= 4 is 40.2 Å². The number of aromatic amines is 1. The van der Waals surface area contributed by atoms with Crippen molar-refractivity contribution in [3.05, 3.63) is 52.6 Å². The van der Waals surface area contributed by atoms with Crippen LogP contribution in [0.15, 0.2) is 30.3 Å². The van der Waals surface area contributed by atoms with Crippen LogP contribution in [0.1, 0.15) is 56.8 Å². The molecule has 0 unspecified atom stereocenters. The molecule has 0 atom stereocenters. The first-order valence-corrected chi connectivity index (χ1v) is 11.2. The van der Waals surface area contributed by atoms with E-state index in [4.69, 9.17) is 11.6 Å². The third-order valence-electron chi connectivity index (χ3n) is 6.31. The van der Waals surface area contributed by atoms with Gasteiger partial charge in [0, 0.05) is 12.1 Å². The number of nitrogens with zero attached hydrogens (tertiary/aromatic N) is 1. The van der Waals surface area contributed by atoms with Crippen molar-refractivity contribution in [3.63, 3.8) is 0 Å². The van der Waals surface area contributed by atoms with Gasteiger partial charge in [-0.1, -0.05) is 38.4 Å². The molecule has 170 valence electrons. The maximum Gasteiger partial charge on any atom is 0.254 e. The van der Waals surface area contributed by atoms with E-state index in [-0.39, 0.29) is 33.7 Å². The number of carbonyl (C=O) groups excluding carboxylic acids is 1. The van der Waals surface area contributed by atoms with Gasteiger partial charge in [0.15, 0.2) is 0 Å². The molecule has 1 fully saturated rings. The number of imidazole rings is 1. The summed E-state index contributed by atoms with van der Waals surface area (Å²) in [4.78, 5) is 20.0. The number of halogens is 3. The lowest BCUT2D eigenvalue weighted by atomic mass is 9.71. The van der Waals surface area contributed by atoms with E-state index >= 15 is 0 Å². The minimum absolute atomic E-state index is 0.0378. The van der Waals surface area contributed by atoms with E-state index in [1.807, 2.05) is 0 Å². The summed E-state index contributed by atoms with van der Waals surface area (Å²) in [5.41, 5.74) is 1.04. The van der Waals surface area contributed by atoms with Crippen LogP contribution in [0.2, 0.25) is 5.02 Å². The molecule has 5 nitrogen and oxygen atoms in total. The van der Waals surface area contributed by atoms with Gasteiger partial charge in [0.05, 0.1) is 27.3 Å². The highest BCUT2D eigenvalue weighted by Crippen LogP contribution is 2.38. The van der Waals surface area contributed by atoms with Gasteiger partial charge < -0.3 is 15.6 Å². The molecule has 1 aliphatic rings. The molecular formula is C24H27ClF2N4O. The van der Waals surface area contributed by atoms with Crippen molar-refractivity contribution in [2.24, 2.45) is 11.3 Å². The molecule has 8 heteroatoms. The van der Waals surface area contributed by atoms with Crippen molar-refractivity contribution in [1.29, 1.82) is 0 Å². The summed E-state index contributed by atoms with van der Waals surface area (Å²) >= 11 is 6.04. The highest BCUT2D eigenvalue weighted by atomic mass is 35.5. The second kappa shape index (κ2) is 8.70. The Hall–Kier alpha value is -2.67. The largest absolute Gasteiger partial charge is 0.349 e. The molecule has 0 radical (unpaired) electrons. The summed E-state index contributed by atoms with van der Waals surface area (Å²) < 4.78 is 28.7. The minimum atomic E-state index is -0.641. The molecular weight excluding hydrogens is 434 g/mol. The highest BCUT2D eigenvalue weighted by Gasteiger charge is 2.30. The predicted octanol–water partition coefficient (Wildman–Crippen LogP) is 6.57. The fourth-order valence-electron chi connectivity index (χ4n) is 4.37. The Kier molecular flexibility index (Phi) is 6.12. The Morgan fingerprint density at radius 2 is 1.84 bits per heavy atom. The molecule has 1 aromatic heterocycles. The van der Waals surface area contributed by atoms with Crippen LogP contribution in [0.3, 0.4) is 0 Å². The van der Waals surface area contributed by atoms with Gasteiger partial charge in [-0.15, -0.1) is 0 Å². The number of benzene rings is 2. The van der Waals surface area contributed by atoms with Gasteiger partial charge in [-0.3, -0.25) is 4.79 Å². The quantitative estimate of drug-likeness (QED) is 0.412. The number of rotatable bonds is 4. The van der Waals surface area contributed by atoms with E-state index in [0.29, 0.717) is 17.0 Å². The van der Waals surface area contributed by atoms with Crippen LogP contribution in [-0.4, -0.2) is 21.9 Å². The van der Waals surface area contributed by atoms with Gasteiger partial charge >= 0.3 is 0 Å². The smallest absolute Gasteiger partial charge is 0.254 e. The predicted molar refractivity (Wildman–Crippen MR) is 123 cm³/mol. The minimum Gasteiger partial charge on any atom is -0.349 e. The lowest BCUT2D eigenvalue weighted by Crippen LogP contribution is -2.39. The monoisotopic (exact) mass is 460 g/mol. The zero-order valence-electron chi connectivity index (χ0n) is 18.4. The van der Waals surface area contributed by atoms with Crippen LogP contribution in [0.5, 0.6) is 0 Å². The van der Waals surface area contributed by atoms with Crippen LogP contribution >= 0.6 is 11.6 Å². The van der Waals surface area contributed by atoms with E-state index in [1.165, 1.54) is 24.3 Å². The number of hydrogen-bond donors (Lipinski definition) is 3. The molecule has 0 bridgehead atoms. The maximum atomic E-state index is 14.7. The summed E-state index contributed by atoms with van der Waals surface area (Å²) in [5.74, 6) is -0.799.